The number of halogens is 1. The van der Waals surface area contributed by atoms with Crippen molar-refractivity contribution in [3.63, 3.8) is 0 Å². The van der Waals surface area contributed by atoms with E-state index in [2.05, 4.69) is 22.4 Å². The van der Waals surface area contributed by atoms with Crippen molar-refractivity contribution >= 4 is 17.3 Å². The standard InChI is InChI=1S/C16H14ClN3/c17-13-9-11(10-18)6-7-14(13)20-15-5-1-3-12-4-2-8-19-16(12)15/h2,4,6-9,15,20H,1,3,5H2. The maximum absolute atomic E-state index is 8.87. The summed E-state index contributed by atoms with van der Waals surface area (Å²) in [5, 5.41) is 12.9. The van der Waals surface area contributed by atoms with Crippen molar-refractivity contribution in [2.75, 3.05) is 5.32 Å². The third kappa shape index (κ3) is 2.48. The van der Waals surface area contributed by atoms with Gasteiger partial charge in [0.2, 0.25) is 0 Å². The Morgan fingerprint density at radius 3 is 3.05 bits per heavy atom. The number of aryl methyl sites for hydroxylation is 1. The van der Waals surface area contributed by atoms with E-state index >= 15 is 0 Å². The molecule has 0 saturated carbocycles. The second-order valence-corrected chi connectivity index (χ2v) is 5.35. The van der Waals surface area contributed by atoms with Gasteiger partial charge in [-0.1, -0.05) is 17.7 Å². The van der Waals surface area contributed by atoms with Gasteiger partial charge in [-0.05, 0) is 49.1 Å². The number of pyridine rings is 1. The summed E-state index contributed by atoms with van der Waals surface area (Å²) in [4.78, 5) is 4.50. The lowest BCUT2D eigenvalue weighted by molar-refractivity contribution is 0.583. The Balaban J connectivity index is 1.88. The number of hydrogen-bond donors (Lipinski definition) is 1. The van der Waals surface area contributed by atoms with E-state index in [1.807, 2.05) is 18.3 Å². The third-order valence-electron chi connectivity index (χ3n) is 3.62. The summed E-state index contributed by atoms with van der Waals surface area (Å²) < 4.78 is 0. The van der Waals surface area contributed by atoms with Gasteiger partial charge in [0.05, 0.1) is 34.1 Å². The smallest absolute Gasteiger partial charge is 0.0992 e. The minimum atomic E-state index is 0.186. The Kier molecular flexibility index (Phi) is 3.58. The number of benzene rings is 1. The molecule has 0 amide bonds. The highest BCUT2D eigenvalue weighted by atomic mass is 35.5. The molecule has 1 aromatic carbocycles. The molecular weight excluding hydrogens is 270 g/mol. The van der Waals surface area contributed by atoms with E-state index in [9.17, 15) is 0 Å². The topological polar surface area (TPSA) is 48.7 Å². The summed E-state index contributed by atoms with van der Waals surface area (Å²) >= 11 is 6.22. The SMILES string of the molecule is N#Cc1ccc(NC2CCCc3cccnc32)c(Cl)c1. The highest BCUT2D eigenvalue weighted by Crippen LogP contribution is 2.33. The van der Waals surface area contributed by atoms with Crippen LogP contribution in [0, 0.1) is 11.3 Å². The van der Waals surface area contributed by atoms with Crippen molar-refractivity contribution in [2.24, 2.45) is 0 Å². The van der Waals surface area contributed by atoms with Crippen molar-refractivity contribution in [2.45, 2.75) is 25.3 Å². The molecule has 4 heteroatoms. The average Bonchev–Trinajstić information content (AvgIpc) is 2.49. The van der Waals surface area contributed by atoms with Crippen LogP contribution in [0.15, 0.2) is 36.5 Å². The molecule has 1 aromatic heterocycles. The van der Waals surface area contributed by atoms with Gasteiger partial charge in [-0.2, -0.15) is 5.26 Å². The van der Waals surface area contributed by atoms with Crippen LogP contribution < -0.4 is 5.32 Å². The van der Waals surface area contributed by atoms with E-state index in [1.54, 1.807) is 12.1 Å². The van der Waals surface area contributed by atoms with Gasteiger partial charge in [0.25, 0.3) is 0 Å². The lowest BCUT2D eigenvalue weighted by Gasteiger charge is -2.26. The van der Waals surface area contributed by atoms with E-state index < -0.39 is 0 Å². The molecule has 1 aliphatic rings. The molecule has 0 fully saturated rings. The summed E-state index contributed by atoms with van der Waals surface area (Å²) in [6, 6.07) is 11.7. The van der Waals surface area contributed by atoms with Gasteiger partial charge >= 0.3 is 0 Å². The van der Waals surface area contributed by atoms with Crippen molar-refractivity contribution < 1.29 is 0 Å². The number of rotatable bonds is 2. The highest BCUT2D eigenvalue weighted by molar-refractivity contribution is 6.33. The Morgan fingerprint density at radius 2 is 2.25 bits per heavy atom. The minimum Gasteiger partial charge on any atom is -0.375 e. The van der Waals surface area contributed by atoms with Crippen LogP contribution in [0.3, 0.4) is 0 Å². The first-order chi connectivity index (χ1) is 9.78. The summed E-state index contributed by atoms with van der Waals surface area (Å²) in [7, 11) is 0. The number of nitrogens with one attached hydrogen (secondary N) is 1. The predicted molar refractivity (Wildman–Crippen MR) is 79.7 cm³/mol. The van der Waals surface area contributed by atoms with Gasteiger partial charge < -0.3 is 5.32 Å². The largest absolute Gasteiger partial charge is 0.375 e. The van der Waals surface area contributed by atoms with Gasteiger partial charge in [0.15, 0.2) is 0 Å². The molecule has 1 aliphatic carbocycles. The van der Waals surface area contributed by atoms with Gasteiger partial charge in [0.1, 0.15) is 0 Å². The molecule has 0 saturated heterocycles. The van der Waals surface area contributed by atoms with Crippen LogP contribution >= 0.6 is 11.6 Å². The quantitative estimate of drug-likeness (QED) is 0.903. The molecule has 3 rings (SSSR count). The van der Waals surface area contributed by atoms with Crippen molar-refractivity contribution in [3.05, 3.63) is 58.4 Å². The van der Waals surface area contributed by atoms with Crippen LogP contribution in [0.2, 0.25) is 5.02 Å². The van der Waals surface area contributed by atoms with Crippen molar-refractivity contribution in [1.82, 2.24) is 4.98 Å². The van der Waals surface area contributed by atoms with E-state index in [4.69, 9.17) is 16.9 Å². The first-order valence-corrected chi connectivity index (χ1v) is 7.05. The van der Waals surface area contributed by atoms with Crippen LogP contribution in [0.1, 0.15) is 35.7 Å². The first kappa shape index (κ1) is 13.0. The van der Waals surface area contributed by atoms with Gasteiger partial charge in [-0.25, -0.2) is 0 Å². The van der Waals surface area contributed by atoms with Crippen LogP contribution in [-0.4, -0.2) is 4.98 Å². The molecule has 1 N–H and O–H groups in total. The summed E-state index contributed by atoms with van der Waals surface area (Å²) in [6.07, 6.45) is 5.10. The van der Waals surface area contributed by atoms with Crippen LogP contribution in [0.25, 0.3) is 0 Å². The lowest BCUT2D eigenvalue weighted by Crippen LogP contribution is -2.19. The zero-order valence-corrected chi connectivity index (χ0v) is 11.7. The van der Waals surface area contributed by atoms with Crippen molar-refractivity contribution in [3.8, 4) is 6.07 Å². The monoisotopic (exact) mass is 283 g/mol. The van der Waals surface area contributed by atoms with E-state index in [0.29, 0.717) is 10.6 Å². The van der Waals surface area contributed by atoms with Gasteiger partial charge in [0, 0.05) is 6.20 Å². The molecular formula is C16H14ClN3. The summed E-state index contributed by atoms with van der Waals surface area (Å²) in [5.41, 5.74) is 3.84. The third-order valence-corrected chi connectivity index (χ3v) is 3.94. The second-order valence-electron chi connectivity index (χ2n) is 4.94. The molecule has 20 heavy (non-hydrogen) atoms. The maximum Gasteiger partial charge on any atom is 0.0992 e. The van der Waals surface area contributed by atoms with Gasteiger partial charge in [-0.3, -0.25) is 4.98 Å². The molecule has 100 valence electrons. The number of hydrogen-bond acceptors (Lipinski definition) is 3. The van der Waals surface area contributed by atoms with Gasteiger partial charge in [-0.15, -0.1) is 0 Å². The number of anilines is 1. The van der Waals surface area contributed by atoms with Crippen LogP contribution in [0.5, 0.6) is 0 Å². The maximum atomic E-state index is 8.87. The average molecular weight is 284 g/mol. The Morgan fingerprint density at radius 1 is 1.35 bits per heavy atom. The number of nitrogens with zero attached hydrogens (tertiary/aromatic N) is 2. The summed E-state index contributed by atoms with van der Waals surface area (Å²) in [6.45, 7) is 0. The zero-order valence-electron chi connectivity index (χ0n) is 10.9. The molecule has 0 radical (unpaired) electrons. The fraction of sp³-hybridized carbons (Fsp3) is 0.250. The van der Waals surface area contributed by atoms with E-state index in [1.165, 1.54) is 5.56 Å². The molecule has 1 unspecified atom stereocenters. The Hall–Kier alpha value is -2.05. The zero-order chi connectivity index (χ0) is 13.9. The van der Waals surface area contributed by atoms with Crippen LogP contribution in [-0.2, 0) is 6.42 Å². The summed E-state index contributed by atoms with van der Waals surface area (Å²) in [5.74, 6) is 0. The molecule has 3 nitrogen and oxygen atoms in total. The molecule has 0 aliphatic heterocycles. The molecule has 1 heterocycles. The lowest BCUT2D eigenvalue weighted by atomic mass is 9.92. The number of aromatic nitrogens is 1. The van der Waals surface area contributed by atoms with E-state index in [-0.39, 0.29) is 6.04 Å². The normalized spacial score (nSPS) is 17.1. The second kappa shape index (κ2) is 5.52. The molecule has 0 bridgehead atoms. The predicted octanol–water partition coefficient (Wildman–Crippen LogP) is 4.10. The van der Waals surface area contributed by atoms with Crippen molar-refractivity contribution in [1.29, 1.82) is 5.26 Å². The molecule has 2 aromatic rings. The Bertz CT molecular complexity index is 676. The number of nitriles is 1. The molecule has 1 atom stereocenters. The first-order valence-electron chi connectivity index (χ1n) is 6.68. The number of fused-ring (bicyclic) bond motifs is 1. The minimum absolute atomic E-state index is 0.186. The fourth-order valence-corrected chi connectivity index (χ4v) is 2.87. The Labute approximate surface area is 123 Å². The van der Waals surface area contributed by atoms with Crippen LogP contribution in [0.4, 0.5) is 5.69 Å². The fourth-order valence-electron chi connectivity index (χ4n) is 2.64. The highest BCUT2D eigenvalue weighted by Gasteiger charge is 2.21. The van der Waals surface area contributed by atoms with E-state index in [0.717, 1.165) is 30.6 Å². The molecule has 0 spiro atoms.